The van der Waals surface area contributed by atoms with Crippen LogP contribution in [0.25, 0.3) is 0 Å². The van der Waals surface area contributed by atoms with E-state index in [-0.39, 0.29) is 12.5 Å². The number of ether oxygens (including phenoxy) is 1. The van der Waals surface area contributed by atoms with E-state index in [4.69, 9.17) is 4.74 Å². The second-order valence-corrected chi connectivity index (χ2v) is 3.99. The first kappa shape index (κ1) is 14.7. The molecule has 1 unspecified atom stereocenters. The summed E-state index contributed by atoms with van der Waals surface area (Å²) in [6.45, 7) is 4.36. The van der Waals surface area contributed by atoms with Crippen molar-refractivity contribution in [3.05, 3.63) is 0 Å². The van der Waals surface area contributed by atoms with Crippen LogP contribution in [0.4, 0.5) is 13.2 Å². The average molecular weight is 228 g/mol. The van der Waals surface area contributed by atoms with Crippen molar-refractivity contribution in [2.75, 3.05) is 6.61 Å². The number of hydrogen-bond donors (Lipinski definition) is 1. The Morgan fingerprint density at radius 2 is 1.80 bits per heavy atom. The normalized spacial score (nSPS) is 16.8. The summed E-state index contributed by atoms with van der Waals surface area (Å²) in [7, 11) is 0. The van der Waals surface area contributed by atoms with Crippen LogP contribution in [0.2, 0.25) is 0 Å². The summed E-state index contributed by atoms with van der Waals surface area (Å²) in [5, 5.41) is 9.48. The maximum absolute atomic E-state index is 12.5. The first-order valence-corrected chi connectivity index (χ1v) is 5.13. The molecule has 0 bridgehead atoms. The molecule has 0 heterocycles. The molecule has 15 heavy (non-hydrogen) atoms. The van der Waals surface area contributed by atoms with Crippen molar-refractivity contribution in [1.29, 1.82) is 0 Å². The number of hydrogen-bond acceptors (Lipinski definition) is 2. The third kappa shape index (κ3) is 4.84. The third-order valence-electron chi connectivity index (χ3n) is 2.13. The first-order valence-electron chi connectivity index (χ1n) is 5.13. The molecule has 0 aromatic rings. The molecule has 0 saturated carbocycles. The lowest BCUT2D eigenvalue weighted by Gasteiger charge is -2.30. The van der Waals surface area contributed by atoms with E-state index in [2.05, 4.69) is 0 Å². The molecule has 92 valence electrons. The predicted molar refractivity (Wildman–Crippen MR) is 51.6 cm³/mol. The second kappa shape index (κ2) is 5.70. The molecule has 0 aromatic carbocycles. The lowest BCUT2D eigenvalue weighted by Crippen LogP contribution is -2.49. The van der Waals surface area contributed by atoms with E-state index in [1.54, 1.807) is 20.8 Å². The van der Waals surface area contributed by atoms with E-state index < -0.39 is 18.4 Å². The fourth-order valence-electron chi connectivity index (χ4n) is 1.07. The van der Waals surface area contributed by atoms with Gasteiger partial charge in [0.05, 0.1) is 12.7 Å². The summed E-state index contributed by atoms with van der Waals surface area (Å²) < 4.78 is 42.5. The van der Waals surface area contributed by atoms with Crippen molar-refractivity contribution in [2.45, 2.75) is 57.9 Å². The van der Waals surface area contributed by atoms with Gasteiger partial charge in [-0.05, 0) is 20.3 Å². The standard InChI is InChI=1S/C10H19F3O2/c1-4-5-6-9(14,10(11,12)13)7-15-8(2)3/h8,14H,4-7H2,1-3H3. The van der Waals surface area contributed by atoms with Gasteiger partial charge in [0.1, 0.15) is 0 Å². The minimum atomic E-state index is -4.63. The Morgan fingerprint density at radius 3 is 2.13 bits per heavy atom. The topological polar surface area (TPSA) is 29.5 Å². The molecule has 0 fully saturated rings. The average Bonchev–Trinajstić information content (AvgIpc) is 2.09. The second-order valence-electron chi connectivity index (χ2n) is 3.99. The number of unbranched alkanes of at least 4 members (excludes halogenated alkanes) is 1. The van der Waals surface area contributed by atoms with Crippen molar-refractivity contribution in [2.24, 2.45) is 0 Å². The van der Waals surface area contributed by atoms with Crippen LogP contribution in [0.1, 0.15) is 40.0 Å². The fraction of sp³-hybridized carbons (Fsp3) is 1.00. The van der Waals surface area contributed by atoms with Gasteiger partial charge >= 0.3 is 6.18 Å². The van der Waals surface area contributed by atoms with E-state index in [1.165, 1.54) is 0 Å². The van der Waals surface area contributed by atoms with E-state index in [1.807, 2.05) is 0 Å². The van der Waals surface area contributed by atoms with Gasteiger partial charge in [-0.1, -0.05) is 19.8 Å². The summed E-state index contributed by atoms with van der Waals surface area (Å²) >= 11 is 0. The number of rotatable bonds is 6. The van der Waals surface area contributed by atoms with Crippen LogP contribution >= 0.6 is 0 Å². The van der Waals surface area contributed by atoms with Crippen LogP contribution < -0.4 is 0 Å². The summed E-state index contributed by atoms with van der Waals surface area (Å²) in [6.07, 6.45) is -4.31. The summed E-state index contributed by atoms with van der Waals surface area (Å²) in [5.41, 5.74) is -2.70. The maximum atomic E-state index is 12.5. The van der Waals surface area contributed by atoms with Gasteiger partial charge in [-0.15, -0.1) is 0 Å². The number of halogens is 3. The highest BCUT2D eigenvalue weighted by Gasteiger charge is 2.53. The molecule has 5 heteroatoms. The van der Waals surface area contributed by atoms with Gasteiger partial charge in [-0.3, -0.25) is 0 Å². The quantitative estimate of drug-likeness (QED) is 0.757. The monoisotopic (exact) mass is 228 g/mol. The van der Waals surface area contributed by atoms with Gasteiger partial charge in [0.25, 0.3) is 0 Å². The molecule has 0 rings (SSSR count). The van der Waals surface area contributed by atoms with Gasteiger partial charge in [-0.25, -0.2) is 0 Å². The van der Waals surface area contributed by atoms with Crippen LogP contribution in [0.5, 0.6) is 0 Å². The molecule has 0 amide bonds. The van der Waals surface area contributed by atoms with E-state index in [9.17, 15) is 18.3 Å². The molecule has 0 spiro atoms. The lowest BCUT2D eigenvalue weighted by atomic mass is 9.97. The molecule has 0 radical (unpaired) electrons. The molecule has 1 atom stereocenters. The van der Waals surface area contributed by atoms with Crippen LogP contribution in [0.3, 0.4) is 0 Å². The minimum Gasteiger partial charge on any atom is -0.379 e. The highest BCUT2D eigenvalue weighted by atomic mass is 19.4. The molecule has 2 nitrogen and oxygen atoms in total. The Balaban J connectivity index is 4.41. The van der Waals surface area contributed by atoms with Crippen LogP contribution in [0, 0.1) is 0 Å². The molecule has 0 aliphatic rings. The SMILES string of the molecule is CCCCC(O)(COC(C)C)C(F)(F)F. The van der Waals surface area contributed by atoms with Crippen LogP contribution in [-0.2, 0) is 4.74 Å². The zero-order valence-corrected chi connectivity index (χ0v) is 9.40. The summed E-state index contributed by atoms with van der Waals surface area (Å²) in [5.74, 6) is 0. The minimum absolute atomic E-state index is 0.306. The number of alkyl halides is 3. The van der Waals surface area contributed by atoms with Gasteiger partial charge < -0.3 is 9.84 Å². The van der Waals surface area contributed by atoms with Crippen molar-refractivity contribution in [3.8, 4) is 0 Å². The number of aliphatic hydroxyl groups is 1. The Morgan fingerprint density at radius 1 is 1.27 bits per heavy atom. The van der Waals surface area contributed by atoms with E-state index in [0.29, 0.717) is 12.8 Å². The van der Waals surface area contributed by atoms with E-state index >= 15 is 0 Å². The molecular formula is C10H19F3O2. The van der Waals surface area contributed by atoms with Crippen molar-refractivity contribution < 1.29 is 23.0 Å². The first-order chi connectivity index (χ1) is 6.73. The van der Waals surface area contributed by atoms with Crippen molar-refractivity contribution in [1.82, 2.24) is 0 Å². The van der Waals surface area contributed by atoms with Crippen molar-refractivity contribution >= 4 is 0 Å². The van der Waals surface area contributed by atoms with Gasteiger partial charge in [0.15, 0.2) is 5.60 Å². The summed E-state index contributed by atoms with van der Waals surface area (Å²) in [4.78, 5) is 0. The van der Waals surface area contributed by atoms with E-state index in [0.717, 1.165) is 0 Å². The Hall–Kier alpha value is -0.290. The fourth-order valence-corrected chi connectivity index (χ4v) is 1.07. The van der Waals surface area contributed by atoms with Crippen LogP contribution in [0.15, 0.2) is 0 Å². The highest BCUT2D eigenvalue weighted by Crippen LogP contribution is 2.34. The van der Waals surface area contributed by atoms with Gasteiger partial charge in [0, 0.05) is 0 Å². The van der Waals surface area contributed by atoms with Crippen LogP contribution in [-0.4, -0.2) is 29.6 Å². The Labute approximate surface area is 88.4 Å². The molecule has 0 aliphatic carbocycles. The zero-order chi connectivity index (χ0) is 12.1. The maximum Gasteiger partial charge on any atom is 0.419 e. The Bertz CT molecular complexity index is 180. The Kier molecular flexibility index (Phi) is 5.59. The molecule has 0 aliphatic heterocycles. The van der Waals surface area contributed by atoms with Gasteiger partial charge in [0.2, 0.25) is 0 Å². The van der Waals surface area contributed by atoms with Crippen molar-refractivity contribution in [3.63, 3.8) is 0 Å². The molecular weight excluding hydrogens is 209 g/mol. The molecule has 0 saturated heterocycles. The lowest BCUT2D eigenvalue weighted by molar-refractivity contribution is -0.280. The predicted octanol–water partition coefficient (Wildman–Crippen LogP) is 2.90. The highest BCUT2D eigenvalue weighted by molar-refractivity contribution is 4.86. The summed E-state index contributed by atoms with van der Waals surface area (Å²) in [6, 6.07) is 0. The van der Waals surface area contributed by atoms with Gasteiger partial charge in [-0.2, -0.15) is 13.2 Å². The zero-order valence-electron chi connectivity index (χ0n) is 9.40. The molecule has 0 aromatic heterocycles. The molecule has 1 N–H and O–H groups in total. The third-order valence-corrected chi connectivity index (χ3v) is 2.13. The largest absolute Gasteiger partial charge is 0.419 e. The smallest absolute Gasteiger partial charge is 0.379 e.